The van der Waals surface area contributed by atoms with E-state index in [4.69, 9.17) is 4.42 Å². The molecule has 0 spiro atoms. The van der Waals surface area contributed by atoms with Gasteiger partial charge in [-0.1, -0.05) is 48.5 Å². The molecule has 1 unspecified atom stereocenters. The summed E-state index contributed by atoms with van der Waals surface area (Å²) in [6, 6.07) is 19.8. The third-order valence-corrected chi connectivity index (χ3v) is 5.83. The van der Waals surface area contributed by atoms with Crippen LogP contribution in [0.15, 0.2) is 90.8 Å². The first-order valence-corrected chi connectivity index (χ1v) is 9.79. The Hall–Kier alpha value is -2.15. The molecule has 0 aliphatic heterocycles. The van der Waals surface area contributed by atoms with Gasteiger partial charge in [0, 0.05) is 5.75 Å². The molecule has 6 heteroatoms. The van der Waals surface area contributed by atoms with E-state index in [2.05, 4.69) is 0 Å². The molecule has 0 aliphatic carbocycles. The number of rotatable bonds is 6. The molecule has 0 radical (unpaired) electrons. The van der Waals surface area contributed by atoms with E-state index in [-0.39, 0.29) is 15.7 Å². The van der Waals surface area contributed by atoms with Crippen molar-refractivity contribution >= 4 is 22.9 Å². The van der Waals surface area contributed by atoms with Crippen molar-refractivity contribution in [2.45, 2.75) is 21.3 Å². The van der Waals surface area contributed by atoms with Gasteiger partial charge in [0.05, 0.1) is 17.2 Å². The van der Waals surface area contributed by atoms with Crippen molar-refractivity contribution in [1.82, 2.24) is 0 Å². The molecule has 0 saturated heterocycles. The third-order valence-electron chi connectivity index (χ3n) is 3.49. The van der Waals surface area contributed by atoms with Crippen LogP contribution in [-0.4, -0.2) is 15.4 Å². The highest BCUT2D eigenvalue weighted by Gasteiger charge is 2.22. The van der Waals surface area contributed by atoms with E-state index >= 15 is 0 Å². The highest BCUT2D eigenvalue weighted by molar-refractivity contribution is 7.99. The molecule has 0 fully saturated rings. The van der Waals surface area contributed by atoms with Crippen LogP contribution in [0.1, 0.15) is 5.56 Å². The number of hydrogen-bond acceptors (Lipinski definition) is 5. The Morgan fingerprint density at radius 3 is 2.32 bits per heavy atom. The van der Waals surface area contributed by atoms with Gasteiger partial charge in [0.15, 0.2) is 4.90 Å². The molecular weight excluding hydrogens is 356 g/mol. The molecule has 1 atom stereocenters. The van der Waals surface area contributed by atoms with Crippen molar-refractivity contribution in [1.29, 1.82) is 0 Å². The Morgan fingerprint density at radius 1 is 1.04 bits per heavy atom. The standard InChI is InChI=1S/C19H16O4S2/c20-16-13-17(25(22)15-9-5-2-6-10-15)23-19(21)18(16)24-12-11-14-7-3-1-4-8-14/h1-10,13,20H,11-12H2. The van der Waals surface area contributed by atoms with Crippen LogP contribution in [-0.2, 0) is 17.6 Å². The smallest absolute Gasteiger partial charge is 0.357 e. The predicted octanol–water partition coefficient (Wildman–Crippen LogP) is 3.85. The molecule has 0 aliphatic rings. The first-order valence-electron chi connectivity index (χ1n) is 7.66. The fourth-order valence-corrected chi connectivity index (χ4v) is 4.16. The Morgan fingerprint density at radius 2 is 1.68 bits per heavy atom. The lowest BCUT2D eigenvalue weighted by molar-refractivity contribution is 0.365. The minimum absolute atomic E-state index is 0.0545. The molecule has 0 bridgehead atoms. The predicted molar refractivity (Wildman–Crippen MR) is 98.6 cm³/mol. The van der Waals surface area contributed by atoms with Gasteiger partial charge >= 0.3 is 10.7 Å². The van der Waals surface area contributed by atoms with Crippen LogP contribution in [0.2, 0.25) is 0 Å². The van der Waals surface area contributed by atoms with Gasteiger partial charge < -0.3 is 14.1 Å². The Kier molecular flexibility index (Phi) is 5.86. The molecule has 4 nitrogen and oxygen atoms in total. The van der Waals surface area contributed by atoms with E-state index in [9.17, 15) is 14.5 Å². The normalized spacial score (nSPS) is 12.0. The maximum Gasteiger partial charge on any atom is 0.357 e. The van der Waals surface area contributed by atoms with Crippen molar-refractivity contribution in [2.24, 2.45) is 0 Å². The summed E-state index contributed by atoms with van der Waals surface area (Å²) in [7, 11) is 0. The van der Waals surface area contributed by atoms with Crippen molar-refractivity contribution < 1.29 is 14.1 Å². The average Bonchev–Trinajstić information content (AvgIpc) is 2.65. The number of benzene rings is 2. The zero-order valence-corrected chi connectivity index (χ0v) is 14.9. The summed E-state index contributed by atoms with van der Waals surface area (Å²) in [6.45, 7) is 0. The fraction of sp³-hybridized carbons (Fsp3) is 0.105. The first-order chi connectivity index (χ1) is 12.1. The zero-order chi connectivity index (χ0) is 17.6. The summed E-state index contributed by atoms with van der Waals surface area (Å²) in [6.07, 6.45) is 0.766. The highest BCUT2D eigenvalue weighted by atomic mass is 32.2. The van der Waals surface area contributed by atoms with Gasteiger partial charge in [-0.25, -0.2) is 4.79 Å². The largest absolute Gasteiger partial charge is 0.604 e. The maximum atomic E-state index is 12.4. The SMILES string of the molecule is O=c1oc([S+]([O-])c2ccccc2)cc(O)c1SCCc1ccccc1. The summed E-state index contributed by atoms with van der Waals surface area (Å²) in [5.74, 6) is 0.428. The number of aromatic hydroxyl groups is 1. The van der Waals surface area contributed by atoms with E-state index in [0.717, 1.165) is 12.0 Å². The number of thioether (sulfide) groups is 1. The van der Waals surface area contributed by atoms with Crippen LogP contribution >= 0.6 is 11.8 Å². The quantitative estimate of drug-likeness (QED) is 0.526. The summed E-state index contributed by atoms with van der Waals surface area (Å²) < 4.78 is 17.6. The van der Waals surface area contributed by atoms with Crippen LogP contribution in [0.5, 0.6) is 5.75 Å². The molecule has 25 heavy (non-hydrogen) atoms. The molecule has 0 amide bonds. The van der Waals surface area contributed by atoms with Crippen LogP contribution in [0.3, 0.4) is 0 Å². The second-order valence-electron chi connectivity index (χ2n) is 5.23. The van der Waals surface area contributed by atoms with Gasteiger partial charge in [-0.2, -0.15) is 0 Å². The summed E-state index contributed by atoms with van der Waals surface area (Å²) in [4.78, 5) is 12.8. The van der Waals surface area contributed by atoms with Crippen molar-refractivity contribution in [2.75, 3.05) is 5.75 Å². The molecular formula is C19H16O4S2. The summed E-state index contributed by atoms with van der Waals surface area (Å²) in [5.41, 5.74) is 0.484. The molecule has 1 N–H and O–H groups in total. The minimum Gasteiger partial charge on any atom is -0.604 e. The average molecular weight is 372 g/mol. The van der Waals surface area contributed by atoms with Crippen molar-refractivity contribution in [3.05, 3.63) is 82.7 Å². The van der Waals surface area contributed by atoms with E-state index in [0.29, 0.717) is 10.6 Å². The number of hydrogen-bond donors (Lipinski definition) is 1. The summed E-state index contributed by atoms with van der Waals surface area (Å²) in [5, 5.41) is 10.1. The molecule has 1 heterocycles. The lowest BCUT2D eigenvalue weighted by atomic mass is 10.2. The third kappa shape index (κ3) is 4.48. The van der Waals surface area contributed by atoms with Gasteiger partial charge in [-0.05, 0) is 24.1 Å². The van der Waals surface area contributed by atoms with Crippen molar-refractivity contribution in [3.63, 3.8) is 0 Å². The van der Waals surface area contributed by atoms with E-state index in [1.54, 1.807) is 30.3 Å². The second kappa shape index (κ2) is 8.29. The molecule has 1 aromatic heterocycles. The van der Waals surface area contributed by atoms with E-state index in [1.165, 1.54) is 17.8 Å². The van der Waals surface area contributed by atoms with E-state index in [1.807, 2.05) is 30.3 Å². The van der Waals surface area contributed by atoms with E-state index < -0.39 is 16.8 Å². The number of aryl methyl sites for hydroxylation is 1. The lowest BCUT2D eigenvalue weighted by Crippen LogP contribution is -2.09. The van der Waals surface area contributed by atoms with Crippen LogP contribution in [0.25, 0.3) is 0 Å². The fourth-order valence-electron chi connectivity index (χ4n) is 2.25. The lowest BCUT2D eigenvalue weighted by Gasteiger charge is -2.09. The molecule has 0 saturated carbocycles. The van der Waals surface area contributed by atoms with Crippen molar-refractivity contribution in [3.8, 4) is 5.75 Å². The summed E-state index contributed by atoms with van der Waals surface area (Å²) >= 11 is -0.417. The van der Waals surface area contributed by atoms with Gasteiger partial charge in [0.1, 0.15) is 10.6 Å². The Balaban J connectivity index is 1.73. The van der Waals surface area contributed by atoms with Crippen LogP contribution < -0.4 is 5.63 Å². The molecule has 2 aromatic carbocycles. The van der Waals surface area contributed by atoms with Gasteiger partial charge in [-0.3, -0.25) is 0 Å². The zero-order valence-electron chi connectivity index (χ0n) is 13.3. The first kappa shape index (κ1) is 17.7. The van der Waals surface area contributed by atoms with Crippen LogP contribution in [0.4, 0.5) is 0 Å². The monoisotopic (exact) mass is 372 g/mol. The Bertz CT molecular complexity index is 879. The topological polar surface area (TPSA) is 73.5 Å². The van der Waals surface area contributed by atoms with Gasteiger partial charge in [0.2, 0.25) is 0 Å². The maximum absolute atomic E-state index is 12.4. The molecule has 3 aromatic rings. The molecule has 3 rings (SSSR count). The highest BCUT2D eigenvalue weighted by Crippen LogP contribution is 2.29. The second-order valence-corrected chi connectivity index (χ2v) is 7.75. The Labute approximate surface area is 152 Å². The molecule has 128 valence electrons. The van der Waals surface area contributed by atoms with Crippen LogP contribution in [0, 0.1) is 0 Å². The minimum atomic E-state index is -1.65. The van der Waals surface area contributed by atoms with Gasteiger partial charge in [0.25, 0.3) is 0 Å². The van der Waals surface area contributed by atoms with Gasteiger partial charge in [-0.15, -0.1) is 11.8 Å².